The Morgan fingerprint density at radius 1 is 1.05 bits per heavy atom. The molecule has 0 saturated heterocycles. The number of nitrogens with one attached hydrogen (secondary N) is 1. The summed E-state index contributed by atoms with van der Waals surface area (Å²) in [6.07, 6.45) is 0. The third-order valence-electron chi connectivity index (χ3n) is 3.91. The van der Waals surface area contributed by atoms with E-state index in [0.717, 1.165) is 12.4 Å². The summed E-state index contributed by atoms with van der Waals surface area (Å²) >= 11 is 0. The largest absolute Gasteiger partial charge is 0.491 e. The zero-order valence-corrected chi connectivity index (χ0v) is 13.3. The smallest absolute Gasteiger partial charge is 0.128 e. The maximum Gasteiger partial charge on any atom is 0.128 e. The molecular weight excluding hydrogens is 234 g/mol. The van der Waals surface area contributed by atoms with Gasteiger partial charge in [0.05, 0.1) is 6.04 Å². The van der Waals surface area contributed by atoms with Crippen LogP contribution in [0.5, 0.6) is 5.75 Å². The molecule has 0 aliphatic carbocycles. The van der Waals surface area contributed by atoms with Crippen LogP contribution in [0.25, 0.3) is 0 Å². The van der Waals surface area contributed by atoms with Crippen molar-refractivity contribution >= 4 is 0 Å². The number of fused-ring (bicyclic) bond motifs is 1. The quantitative estimate of drug-likeness (QED) is 0.827. The first-order valence-electron chi connectivity index (χ1n) is 7.13. The number of likely N-dealkylation sites (N-methyl/N-ethyl adjacent to an activating group) is 1. The molecule has 0 bridgehead atoms. The average Bonchev–Trinajstić information content (AvgIpc) is 2.67. The van der Waals surface area contributed by atoms with Crippen molar-refractivity contribution in [2.75, 3.05) is 13.7 Å². The monoisotopic (exact) mass is 261 g/mol. The number of benzene rings is 1. The van der Waals surface area contributed by atoms with Crippen LogP contribution in [0, 0.1) is 0 Å². The summed E-state index contributed by atoms with van der Waals surface area (Å²) in [7, 11) is 2.00. The Bertz CT molecular complexity index is 477. The molecule has 2 heteroatoms. The second-order valence-corrected chi connectivity index (χ2v) is 7.59. The van der Waals surface area contributed by atoms with Crippen molar-refractivity contribution in [2.45, 2.75) is 58.4 Å². The lowest BCUT2D eigenvalue weighted by Gasteiger charge is -2.27. The maximum absolute atomic E-state index is 5.96. The fourth-order valence-electron chi connectivity index (χ4n) is 2.56. The molecule has 1 aliphatic heterocycles. The fraction of sp³-hybridized carbons (Fsp3) is 0.647. The van der Waals surface area contributed by atoms with E-state index < -0.39 is 0 Å². The molecule has 0 amide bonds. The molecule has 2 rings (SSSR count). The molecule has 1 aliphatic rings. The Morgan fingerprint density at radius 3 is 2.16 bits per heavy atom. The zero-order valence-electron chi connectivity index (χ0n) is 13.3. The van der Waals surface area contributed by atoms with Gasteiger partial charge in [-0.2, -0.15) is 0 Å². The molecule has 2 nitrogen and oxygen atoms in total. The summed E-state index contributed by atoms with van der Waals surface area (Å²) in [6, 6.07) is 4.97. The van der Waals surface area contributed by atoms with Crippen LogP contribution in [-0.4, -0.2) is 13.7 Å². The summed E-state index contributed by atoms with van der Waals surface area (Å²) < 4.78 is 5.96. The van der Waals surface area contributed by atoms with Crippen LogP contribution in [0.4, 0.5) is 0 Å². The van der Waals surface area contributed by atoms with E-state index in [1.54, 1.807) is 0 Å². The van der Waals surface area contributed by atoms with E-state index in [9.17, 15) is 0 Å². The van der Waals surface area contributed by atoms with Gasteiger partial charge in [0.15, 0.2) is 0 Å². The first kappa shape index (κ1) is 14.4. The zero-order chi connectivity index (χ0) is 14.4. The topological polar surface area (TPSA) is 21.3 Å². The van der Waals surface area contributed by atoms with Gasteiger partial charge in [0, 0.05) is 11.1 Å². The van der Waals surface area contributed by atoms with Crippen LogP contribution in [0.1, 0.15) is 64.3 Å². The number of hydrogen-bond acceptors (Lipinski definition) is 2. The molecule has 0 saturated carbocycles. The second-order valence-electron chi connectivity index (χ2n) is 7.59. The van der Waals surface area contributed by atoms with Crippen molar-refractivity contribution in [1.29, 1.82) is 0 Å². The van der Waals surface area contributed by atoms with Gasteiger partial charge in [-0.15, -0.1) is 0 Å². The molecule has 1 aromatic rings. The predicted molar refractivity (Wildman–Crippen MR) is 81.1 cm³/mol. The van der Waals surface area contributed by atoms with Crippen LogP contribution < -0.4 is 10.1 Å². The van der Waals surface area contributed by atoms with Crippen molar-refractivity contribution in [3.8, 4) is 5.75 Å². The van der Waals surface area contributed by atoms with Crippen molar-refractivity contribution in [3.05, 3.63) is 28.8 Å². The lowest BCUT2D eigenvalue weighted by atomic mass is 9.78. The maximum atomic E-state index is 5.96. The number of hydrogen-bond donors (Lipinski definition) is 1. The van der Waals surface area contributed by atoms with E-state index >= 15 is 0 Å². The predicted octanol–water partition coefficient (Wildman–Crippen LogP) is 3.93. The molecule has 0 spiro atoms. The Balaban J connectivity index is 2.65. The number of ether oxygens (including phenoxy) is 1. The molecule has 1 atom stereocenters. The summed E-state index contributed by atoms with van der Waals surface area (Å²) in [6.45, 7) is 14.3. The van der Waals surface area contributed by atoms with E-state index in [1.165, 1.54) is 16.7 Å². The van der Waals surface area contributed by atoms with Gasteiger partial charge >= 0.3 is 0 Å². The average molecular weight is 261 g/mol. The highest BCUT2D eigenvalue weighted by molar-refractivity contribution is 5.52. The highest BCUT2D eigenvalue weighted by atomic mass is 16.5. The molecule has 0 aromatic heterocycles. The van der Waals surface area contributed by atoms with E-state index in [2.05, 4.69) is 59.0 Å². The normalized spacial score (nSPS) is 19.2. The molecule has 1 heterocycles. The first-order chi connectivity index (χ1) is 8.64. The van der Waals surface area contributed by atoms with Crippen LogP contribution in [0.2, 0.25) is 0 Å². The van der Waals surface area contributed by atoms with Gasteiger partial charge < -0.3 is 10.1 Å². The van der Waals surface area contributed by atoms with Gasteiger partial charge in [-0.05, 0) is 29.5 Å². The van der Waals surface area contributed by atoms with E-state index in [4.69, 9.17) is 4.74 Å². The summed E-state index contributed by atoms with van der Waals surface area (Å²) in [5.41, 5.74) is 4.30. The third kappa shape index (κ3) is 2.64. The van der Waals surface area contributed by atoms with Crippen LogP contribution in [-0.2, 0) is 10.8 Å². The van der Waals surface area contributed by atoms with Crippen LogP contribution in [0.15, 0.2) is 12.1 Å². The minimum atomic E-state index is 0.105. The van der Waals surface area contributed by atoms with Crippen LogP contribution >= 0.6 is 0 Å². The molecular formula is C17H27NO. The molecule has 0 fully saturated rings. The van der Waals surface area contributed by atoms with Gasteiger partial charge in [-0.3, -0.25) is 0 Å². The lowest BCUT2D eigenvalue weighted by Crippen LogP contribution is -2.19. The highest BCUT2D eigenvalue weighted by Gasteiger charge is 2.32. The summed E-state index contributed by atoms with van der Waals surface area (Å²) in [5.74, 6) is 1.10. The molecule has 19 heavy (non-hydrogen) atoms. The Labute approximate surface area is 117 Å². The SMILES string of the molecule is CNC1COc2c1cc(C(C)(C)C)cc2C(C)(C)C. The Hall–Kier alpha value is -1.02. The molecule has 1 unspecified atom stereocenters. The minimum absolute atomic E-state index is 0.105. The van der Waals surface area contributed by atoms with Gasteiger partial charge in [-0.1, -0.05) is 47.6 Å². The van der Waals surface area contributed by atoms with Crippen LogP contribution in [0.3, 0.4) is 0 Å². The van der Waals surface area contributed by atoms with Crippen molar-refractivity contribution in [3.63, 3.8) is 0 Å². The summed E-state index contributed by atoms with van der Waals surface area (Å²) in [5, 5.41) is 3.35. The van der Waals surface area contributed by atoms with Gasteiger partial charge in [0.2, 0.25) is 0 Å². The van der Waals surface area contributed by atoms with E-state index in [0.29, 0.717) is 6.04 Å². The third-order valence-corrected chi connectivity index (χ3v) is 3.91. The van der Waals surface area contributed by atoms with E-state index in [1.807, 2.05) is 7.05 Å². The molecule has 1 N–H and O–H groups in total. The van der Waals surface area contributed by atoms with Gasteiger partial charge in [-0.25, -0.2) is 0 Å². The van der Waals surface area contributed by atoms with Crippen molar-refractivity contribution in [1.82, 2.24) is 5.32 Å². The Kier molecular flexibility index (Phi) is 3.42. The fourth-order valence-corrected chi connectivity index (χ4v) is 2.56. The standard InChI is InChI=1S/C17H27NO/c1-16(2,3)11-8-12-14(18-7)10-19-15(12)13(9-11)17(4,5)6/h8-9,14,18H,10H2,1-7H3. The van der Waals surface area contributed by atoms with Gasteiger partial charge in [0.25, 0.3) is 0 Å². The molecule has 1 aromatic carbocycles. The second kappa shape index (κ2) is 4.52. The van der Waals surface area contributed by atoms with Crippen molar-refractivity contribution < 1.29 is 4.74 Å². The van der Waals surface area contributed by atoms with E-state index in [-0.39, 0.29) is 10.8 Å². The highest BCUT2D eigenvalue weighted by Crippen LogP contribution is 2.43. The molecule has 106 valence electrons. The summed E-state index contributed by atoms with van der Waals surface area (Å²) in [4.78, 5) is 0. The lowest BCUT2D eigenvalue weighted by molar-refractivity contribution is 0.312. The van der Waals surface area contributed by atoms with Crippen molar-refractivity contribution in [2.24, 2.45) is 0 Å². The number of rotatable bonds is 1. The first-order valence-corrected chi connectivity index (χ1v) is 7.13. The Morgan fingerprint density at radius 2 is 1.68 bits per heavy atom. The molecule has 0 radical (unpaired) electrons. The van der Waals surface area contributed by atoms with Gasteiger partial charge in [0.1, 0.15) is 12.4 Å². The minimum Gasteiger partial charge on any atom is -0.491 e.